The van der Waals surface area contributed by atoms with Gasteiger partial charge in [-0.3, -0.25) is 9.67 Å². The normalized spacial score (nSPS) is 16.9. The molecule has 0 saturated heterocycles. The van der Waals surface area contributed by atoms with Gasteiger partial charge < -0.3 is 5.73 Å². The van der Waals surface area contributed by atoms with E-state index in [4.69, 9.17) is 5.73 Å². The Morgan fingerprint density at radius 3 is 3.00 bits per heavy atom. The van der Waals surface area contributed by atoms with Crippen LogP contribution in [0.5, 0.6) is 0 Å². The summed E-state index contributed by atoms with van der Waals surface area (Å²) in [5.74, 6) is 0.823. The molecule has 0 aliphatic heterocycles. The first-order valence-corrected chi connectivity index (χ1v) is 6.85. The molecule has 1 fully saturated rings. The van der Waals surface area contributed by atoms with Crippen LogP contribution in [-0.2, 0) is 13.5 Å². The fourth-order valence-corrected chi connectivity index (χ4v) is 2.29. The number of halogens is 1. The van der Waals surface area contributed by atoms with Crippen LogP contribution >= 0.6 is 22.6 Å². The van der Waals surface area contributed by atoms with Crippen molar-refractivity contribution >= 4 is 28.8 Å². The number of rotatable bonds is 5. The Kier molecular flexibility index (Phi) is 4.20. The second-order valence-corrected chi connectivity index (χ2v) is 5.50. The Morgan fingerprint density at radius 1 is 1.71 bits per heavy atom. The maximum absolute atomic E-state index is 5.63. The highest BCUT2D eigenvalue weighted by Crippen LogP contribution is 2.28. The van der Waals surface area contributed by atoms with Crippen molar-refractivity contribution < 1.29 is 0 Å². The zero-order valence-corrected chi connectivity index (χ0v) is 12.1. The Hall–Kier alpha value is -0.850. The van der Waals surface area contributed by atoms with Gasteiger partial charge >= 0.3 is 0 Å². The quantitative estimate of drug-likeness (QED) is 0.655. The molecule has 1 aliphatic carbocycles. The Balaban J connectivity index is 1.94. The molecule has 1 aliphatic rings. The third kappa shape index (κ3) is 3.83. The Bertz CT molecular complexity index is 443. The van der Waals surface area contributed by atoms with Crippen molar-refractivity contribution in [1.82, 2.24) is 9.78 Å². The van der Waals surface area contributed by atoms with Crippen molar-refractivity contribution in [3.8, 4) is 0 Å². The number of nitrogens with zero attached hydrogens (tertiary/aromatic N) is 3. The molecule has 0 radical (unpaired) electrons. The van der Waals surface area contributed by atoms with Gasteiger partial charge in [-0.25, -0.2) is 0 Å². The van der Waals surface area contributed by atoms with Crippen LogP contribution in [0.2, 0.25) is 0 Å². The van der Waals surface area contributed by atoms with Gasteiger partial charge in [0.05, 0.1) is 0 Å². The number of allylic oxidation sites excluding steroid dienone is 1. The smallest absolute Gasteiger partial charge is 0.126 e. The summed E-state index contributed by atoms with van der Waals surface area (Å²) >= 11 is 2.24. The molecule has 0 atom stereocenters. The number of aliphatic imine (C=N–C) groups is 1. The molecular formula is C12H17IN4. The van der Waals surface area contributed by atoms with Crippen molar-refractivity contribution in [1.29, 1.82) is 0 Å². The van der Waals surface area contributed by atoms with Crippen molar-refractivity contribution in [3.63, 3.8) is 0 Å². The highest BCUT2D eigenvalue weighted by molar-refractivity contribution is 14.1. The van der Waals surface area contributed by atoms with E-state index in [1.54, 1.807) is 6.20 Å². The lowest BCUT2D eigenvalue weighted by Crippen LogP contribution is -1.98. The third-order valence-corrected chi connectivity index (χ3v) is 3.69. The number of hydrogen-bond donors (Lipinski definition) is 1. The Labute approximate surface area is 115 Å². The van der Waals surface area contributed by atoms with Crippen LogP contribution in [0.15, 0.2) is 23.0 Å². The fourth-order valence-electron chi connectivity index (χ4n) is 1.62. The van der Waals surface area contributed by atoms with Gasteiger partial charge in [0, 0.05) is 38.0 Å². The van der Waals surface area contributed by atoms with Gasteiger partial charge in [0.25, 0.3) is 0 Å². The molecule has 1 aromatic rings. The van der Waals surface area contributed by atoms with Gasteiger partial charge in [0.2, 0.25) is 0 Å². The van der Waals surface area contributed by atoms with Crippen LogP contribution in [0, 0.1) is 9.62 Å². The van der Waals surface area contributed by atoms with E-state index in [0.717, 1.165) is 28.2 Å². The number of aromatic nitrogens is 2. The number of nitrogens with two attached hydrogens (primary N) is 1. The van der Waals surface area contributed by atoms with Crippen LogP contribution in [0.4, 0.5) is 0 Å². The first-order chi connectivity index (χ1) is 8.19. The van der Waals surface area contributed by atoms with Crippen molar-refractivity contribution in [2.45, 2.75) is 19.3 Å². The van der Waals surface area contributed by atoms with E-state index in [9.17, 15) is 0 Å². The zero-order chi connectivity index (χ0) is 12.3. The standard InChI is InChI=1S/C12H17IN4/c1-17-8-11(12(13)16-17)4-10(5-14)7-15-6-9-2-3-9/h5,7-9H,2-4,6,14H2,1H3. The summed E-state index contributed by atoms with van der Waals surface area (Å²) in [5, 5.41) is 4.31. The van der Waals surface area contributed by atoms with Gasteiger partial charge in [-0.05, 0) is 53.1 Å². The molecule has 92 valence electrons. The lowest BCUT2D eigenvalue weighted by atomic mass is 10.1. The second kappa shape index (κ2) is 5.66. The molecule has 2 rings (SSSR count). The first kappa shape index (κ1) is 12.6. The summed E-state index contributed by atoms with van der Waals surface area (Å²) in [4.78, 5) is 4.43. The number of aryl methyl sites for hydroxylation is 1. The van der Waals surface area contributed by atoms with E-state index in [-0.39, 0.29) is 0 Å². The van der Waals surface area contributed by atoms with Gasteiger partial charge in [-0.1, -0.05) is 0 Å². The second-order valence-electron chi connectivity index (χ2n) is 4.47. The van der Waals surface area contributed by atoms with E-state index < -0.39 is 0 Å². The molecule has 5 heteroatoms. The third-order valence-electron chi connectivity index (χ3n) is 2.78. The van der Waals surface area contributed by atoms with E-state index >= 15 is 0 Å². The minimum absolute atomic E-state index is 0.802. The van der Waals surface area contributed by atoms with Gasteiger partial charge in [0.15, 0.2) is 0 Å². The predicted octanol–water partition coefficient (Wildman–Crippen LogP) is 1.89. The highest BCUT2D eigenvalue weighted by atomic mass is 127. The van der Waals surface area contributed by atoms with E-state index in [1.807, 2.05) is 24.1 Å². The van der Waals surface area contributed by atoms with Crippen LogP contribution in [0.3, 0.4) is 0 Å². The lowest BCUT2D eigenvalue weighted by molar-refractivity contribution is 0.759. The Morgan fingerprint density at radius 2 is 2.47 bits per heavy atom. The molecule has 17 heavy (non-hydrogen) atoms. The lowest BCUT2D eigenvalue weighted by Gasteiger charge is -1.99. The highest BCUT2D eigenvalue weighted by Gasteiger charge is 2.19. The maximum atomic E-state index is 5.63. The summed E-state index contributed by atoms with van der Waals surface area (Å²) in [6.07, 6.45) is 9.04. The maximum Gasteiger partial charge on any atom is 0.126 e. The van der Waals surface area contributed by atoms with Crippen LogP contribution in [-0.4, -0.2) is 22.5 Å². The molecule has 0 unspecified atom stereocenters. The minimum atomic E-state index is 0.802. The average Bonchev–Trinajstić information content (AvgIpc) is 3.04. The summed E-state index contributed by atoms with van der Waals surface area (Å²) in [7, 11) is 1.93. The molecule has 0 spiro atoms. The molecule has 0 amide bonds. The van der Waals surface area contributed by atoms with Crippen LogP contribution in [0.25, 0.3) is 0 Å². The average molecular weight is 344 g/mol. The number of hydrogen-bond acceptors (Lipinski definition) is 3. The fraction of sp³-hybridized carbons (Fsp3) is 0.500. The SMILES string of the molecule is Cn1cc(CC(C=NCC2CC2)=CN)c(I)n1. The van der Waals surface area contributed by atoms with E-state index in [1.165, 1.54) is 18.4 Å². The topological polar surface area (TPSA) is 56.2 Å². The minimum Gasteiger partial charge on any atom is -0.404 e. The first-order valence-electron chi connectivity index (χ1n) is 5.77. The molecule has 1 aromatic heterocycles. The van der Waals surface area contributed by atoms with Crippen molar-refractivity contribution in [2.75, 3.05) is 6.54 Å². The molecule has 0 aromatic carbocycles. The largest absolute Gasteiger partial charge is 0.404 e. The molecule has 0 bridgehead atoms. The van der Waals surface area contributed by atoms with Gasteiger partial charge in [-0.15, -0.1) is 0 Å². The summed E-state index contributed by atoms with van der Waals surface area (Å²) in [6, 6.07) is 0. The van der Waals surface area contributed by atoms with E-state index in [0.29, 0.717) is 0 Å². The van der Waals surface area contributed by atoms with E-state index in [2.05, 4.69) is 32.7 Å². The molecule has 1 saturated carbocycles. The molecule has 2 N–H and O–H groups in total. The monoisotopic (exact) mass is 344 g/mol. The molecule has 4 nitrogen and oxygen atoms in total. The summed E-state index contributed by atoms with van der Waals surface area (Å²) < 4.78 is 2.85. The summed E-state index contributed by atoms with van der Waals surface area (Å²) in [5.41, 5.74) is 7.88. The molecular weight excluding hydrogens is 327 g/mol. The van der Waals surface area contributed by atoms with Crippen LogP contribution < -0.4 is 5.73 Å². The summed E-state index contributed by atoms with van der Waals surface area (Å²) in [6.45, 7) is 0.946. The molecule has 1 heterocycles. The van der Waals surface area contributed by atoms with Crippen molar-refractivity contribution in [2.24, 2.45) is 23.7 Å². The van der Waals surface area contributed by atoms with Crippen molar-refractivity contribution in [3.05, 3.63) is 27.2 Å². The van der Waals surface area contributed by atoms with Gasteiger partial charge in [-0.2, -0.15) is 5.10 Å². The van der Waals surface area contributed by atoms with Crippen LogP contribution in [0.1, 0.15) is 18.4 Å². The predicted molar refractivity (Wildman–Crippen MR) is 78.0 cm³/mol. The van der Waals surface area contributed by atoms with Gasteiger partial charge in [0.1, 0.15) is 3.70 Å². The zero-order valence-electron chi connectivity index (χ0n) is 9.93.